The lowest BCUT2D eigenvalue weighted by atomic mass is 9.92. The van der Waals surface area contributed by atoms with Crippen LogP contribution in [0, 0.1) is 17.1 Å². The molecule has 0 bridgehead atoms. The van der Waals surface area contributed by atoms with Crippen LogP contribution < -0.4 is 0 Å². The Morgan fingerprint density at radius 1 is 1.19 bits per heavy atom. The van der Waals surface area contributed by atoms with Gasteiger partial charge in [-0.3, -0.25) is 0 Å². The van der Waals surface area contributed by atoms with Gasteiger partial charge < -0.3 is 0 Å². The zero-order valence-electron chi connectivity index (χ0n) is 8.70. The van der Waals surface area contributed by atoms with E-state index in [2.05, 4.69) is 6.07 Å². The molecule has 0 amide bonds. The Balaban J connectivity index is 2.33. The van der Waals surface area contributed by atoms with Crippen molar-refractivity contribution in [2.24, 2.45) is 0 Å². The standard InChI is InChI=1S/C14H10FN/c15-11-5-4-10-2-1-3-13(12(10)8-11)14(9-16)6-7-14/h1-5,8H,6-7H2. The minimum Gasteiger partial charge on any atom is -0.207 e. The van der Waals surface area contributed by atoms with Crippen molar-refractivity contribution in [3.63, 3.8) is 0 Å². The summed E-state index contributed by atoms with van der Waals surface area (Å²) in [7, 11) is 0. The Labute approximate surface area is 93.1 Å². The van der Waals surface area contributed by atoms with E-state index in [0.29, 0.717) is 0 Å². The molecule has 2 heteroatoms. The van der Waals surface area contributed by atoms with E-state index < -0.39 is 0 Å². The number of halogens is 1. The maximum absolute atomic E-state index is 13.2. The Morgan fingerprint density at radius 2 is 2.00 bits per heavy atom. The highest BCUT2D eigenvalue weighted by Crippen LogP contribution is 2.49. The largest absolute Gasteiger partial charge is 0.207 e. The van der Waals surface area contributed by atoms with Crippen LogP contribution in [0.3, 0.4) is 0 Å². The van der Waals surface area contributed by atoms with Crippen LogP contribution in [0.4, 0.5) is 4.39 Å². The third kappa shape index (κ3) is 1.22. The molecule has 2 aromatic rings. The first-order valence-corrected chi connectivity index (χ1v) is 5.35. The molecule has 0 aromatic heterocycles. The molecule has 0 N–H and O–H groups in total. The van der Waals surface area contributed by atoms with Crippen molar-refractivity contribution in [2.45, 2.75) is 18.3 Å². The molecular weight excluding hydrogens is 201 g/mol. The van der Waals surface area contributed by atoms with Gasteiger partial charge in [-0.25, -0.2) is 4.39 Å². The van der Waals surface area contributed by atoms with Crippen LogP contribution >= 0.6 is 0 Å². The lowest BCUT2D eigenvalue weighted by molar-refractivity contribution is 0.629. The molecule has 0 radical (unpaired) electrons. The predicted octanol–water partition coefficient (Wildman–Crippen LogP) is 3.53. The molecule has 0 atom stereocenters. The van der Waals surface area contributed by atoms with Crippen molar-refractivity contribution >= 4 is 10.8 Å². The zero-order chi connectivity index (χ0) is 11.2. The molecule has 78 valence electrons. The Kier molecular flexibility index (Phi) is 1.79. The molecule has 1 nitrogen and oxygen atoms in total. The van der Waals surface area contributed by atoms with E-state index in [0.717, 1.165) is 29.2 Å². The summed E-state index contributed by atoms with van der Waals surface area (Å²) in [6.07, 6.45) is 1.78. The average molecular weight is 211 g/mol. The van der Waals surface area contributed by atoms with Crippen molar-refractivity contribution in [3.05, 3.63) is 47.8 Å². The van der Waals surface area contributed by atoms with Crippen molar-refractivity contribution in [1.29, 1.82) is 5.26 Å². The normalized spacial score (nSPS) is 17.0. The number of nitrogens with zero attached hydrogens (tertiary/aromatic N) is 1. The van der Waals surface area contributed by atoms with E-state index in [9.17, 15) is 9.65 Å². The lowest BCUT2D eigenvalue weighted by Gasteiger charge is -2.10. The molecule has 1 fully saturated rings. The van der Waals surface area contributed by atoms with Crippen molar-refractivity contribution in [2.75, 3.05) is 0 Å². The van der Waals surface area contributed by atoms with Crippen LogP contribution in [0.1, 0.15) is 18.4 Å². The molecule has 1 saturated carbocycles. The summed E-state index contributed by atoms with van der Waals surface area (Å²) in [6, 6.07) is 12.9. The van der Waals surface area contributed by atoms with Crippen LogP contribution in [-0.4, -0.2) is 0 Å². The number of hydrogen-bond acceptors (Lipinski definition) is 1. The molecule has 16 heavy (non-hydrogen) atoms. The molecule has 1 aliphatic rings. The van der Waals surface area contributed by atoms with Gasteiger partial charge in [0.05, 0.1) is 11.5 Å². The van der Waals surface area contributed by atoms with E-state index in [1.54, 1.807) is 6.07 Å². The average Bonchev–Trinajstić information content (AvgIpc) is 3.09. The van der Waals surface area contributed by atoms with Gasteiger partial charge in [0.2, 0.25) is 0 Å². The van der Waals surface area contributed by atoms with Crippen molar-refractivity contribution < 1.29 is 4.39 Å². The summed E-state index contributed by atoms with van der Waals surface area (Å²) in [5, 5.41) is 11.1. The van der Waals surface area contributed by atoms with Gasteiger partial charge in [-0.2, -0.15) is 5.26 Å². The summed E-state index contributed by atoms with van der Waals surface area (Å²) in [6.45, 7) is 0. The molecule has 0 unspecified atom stereocenters. The number of benzene rings is 2. The first kappa shape index (κ1) is 9.35. The van der Waals surface area contributed by atoms with E-state index >= 15 is 0 Å². The lowest BCUT2D eigenvalue weighted by Crippen LogP contribution is -2.03. The van der Waals surface area contributed by atoms with Gasteiger partial charge in [-0.15, -0.1) is 0 Å². The Bertz CT molecular complexity index is 606. The molecular formula is C14H10FN. The fourth-order valence-electron chi connectivity index (χ4n) is 2.23. The van der Waals surface area contributed by atoms with E-state index in [1.807, 2.05) is 18.2 Å². The number of nitriles is 1. The molecule has 0 heterocycles. The minimum atomic E-state index is -0.354. The topological polar surface area (TPSA) is 23.8 Å². The van der Waals surface area contributed by atoms with Gasteiger partial charge in [-0.1, -0.05) is 24.3 Å². The molecule has 2 aromatic carbocycles. The monoisotopic (exact) mass is 211 g/mol. The SMILES string of the molecule is N#CC1(c2cccc3ccc(F)cc23)CC1. The maximum Gasteiger partial charge on any atom is 0.123 e. The number of fused-ring (bicyclic) bond motifs is 1. The van der Waals surface area contributed by atoms with Gasteiger partial charge in [0.25, 0.3) is 0 Å². The third-order valence-corrected chi connectivity index (χ3v) is 3.32. The summed E-state index contributed by atoms with van der Waals surface area (Å²) in [4.78, 5) is 0. The fourth-order valence-corrected chi connectivity index (χ4v) is 2.23. The zero-order valence-corrected chi connectivity index (χ0v) is 8.70. The number of hydrogen-bond donors (Lipinski definition) is 0. The highest BCUT2D eigenvalue weighted by atomic mass is 19.1. The second-order valence-corrected chi connectivity index (χ2v) is 4.36. The van der Waals surface area contributed by atoms with Crippen LogP contribution in [0.25, 0.3) is 10.8 Å². The Hall–Kier alpha value is -1.88. The maximum atomic E-state index is 13.2. The Morgan fingerprint density at radius 3 is 2.69 bits per heavy atom. The van der Waals surface area contributed by atoms with E-state index in [4.69, 9.17) is 0 Å². The summed E-state index contributed by atoms with van der Waals surface area (Å²) in [5.74, 6) is -0.242. The van der Waals surface area contributed by atoms with E-state index in [1.165, 1.54) is 12.1 Å². The van der Waals surface area contributed by atoms with E-state index in [-0.39, 0.29) is 11.2 Å². The van der Waals surface area contributed by atoms with Gasteiger partial charge in [0.1, 0.15) is 5.82 Å². The highest BCUT2D eigenvalue weighted by Gasteiger charge is 2.45. The molecule has 0 spiro atoms. The van der Waals surface area contributed by atoms with Crippen LogP contribution in [-0.2, 0) is 5.41 Å². The quantitative estimate of drug-likeness (QED) is 0.707. The smallest absolute Gasteiger partial charge is 0.123 e. The summed E-state index contributed by atoms with van der Waals surface area (Å²) < 4.78 is 13.2. The number of rotatable bonds is 1. The van der Waals surface area contributed by atoms with Gasteiger partial charge in [0.15, 0.2) is 0 Å². The van der Waals surface area contributed by atoms with Crippen molar-refractivity contribution in [3.8, 4) is 6.07 Å². The van der Waals surface area contributed by atoms with Gasteiger partial charge in [0, 0.05) is 0 Å². The van der Waals surface area contributed by atoms with Crippen LogP contribution in [0.15, 0.2) is 36.4 Å². The fraction of sp³-hybridized carbons (Fsp3) is 0.214. The highest BCUT2D eigenvalue weighted by molar-refractivity contribution is 5.87. The van der Waals surface area contributed by atoms with Crippen LogP contribution in [0.2, 0.25) is 0 Å². The summed E-state index contributed by atoms with van der Waals surface area (Å²) in [5.41, 5.74) is 0.625. The predicted molar refractivity (Wildman–Crippen MR) is 60.4 cm³/mol. The van der Waals surface area contributed by atoms with Crippen molar-refractivity contribution in [1.82, 2.24) is 0 Å². The second-order valence-electron chi connectivity index (χ2n) is 4.36. The van der Waals surface area contributed by atoms with Gasteiger partial charge >= 0.3 is 0 Å². The third-order valence-electron chi connectivity index (χ3n) is 3.32. The molecule has 3 rings (SSSR count). The minimum absolute atomic E-state index is 0.242. The van der Waals surface area contributed by atoms with Crippen LogP contribution in [0.5, 0.6) is 0 Å². The first-order valence-electron chi connectivity index (χ1n) is 5.35. The van der Waals surface area contributed by atoms with Gasteiger partial charge in [-0.05, 0) is 41.3 Å². The molecule has 0 saturated heterocycles. The molecule has 0 aliphatic heterocycles. The second kappa shape index (κ2) is 3.05. The first-order chi connectivity index (χ1) is 7.75. The summed E-state index contributed by atoms with van der Waals surface area (Å²) >= 11 is 0. The molecule has 1 aliphatic carbocycles.